The molecular formula is C16H24FNO2. The predicted molar refractivity (Wildman–Crippen MR) is 78.8 cm³/mol. The molecule has 1 saturated carbocycles. The third kappa shape index (κ3) is 2.90. The Morgan fingerprint density at radius 3 is 2.60 bits per heavy atom. The van der Waals surface area contributed by atoms with Crippen molar-refractivity contribution in [2.75, 3.05) is 18.5 Å². The molecule has 3 nitrogen and oxygen atoms in total. The van der Waals surface area contributed by atoms with E-state index >= 15 is 0 Å². The summed E-state index contributed by atoms with van der Waals surface area (Å²) in [6.45, 7) is 9.42. The van der Waals surface area contributed by atoms with Crippen molar-refractivity contribution in [3.8, 4) is 5.75 Å². The Balaban J connectivity index is 2.00. The van der Waals surface area contributed by atoms with Crippen molar-refractivity contribution in [3.05, 3.63) is 24.0 Å². The van der Waals surface area contributed by atoms with E-state index < -0.39 is 0 Å². The van der Waals surface area contributed by atoms with Crippen LogP contribution in [0.2, 0.25) is 0 Å². The van der Waals surface area contributed by atoms with Crippen LogP contribution >= 0.6 is 0 Å². The van der Waals surface area contributed by atoms with Gasteiger partial charge in [0.2, 0.25) is 0 Å². The van der Waals surface area contributed by atoms with Crippen LogP contribution in [-0.2, 0) is 4.74 Å². The fraction of sp³-hybridized carbons (Fsp3) is 0.625. The standard InChI is InChI=1S/C16H24FNO2/c1-5-19-13-8-7-11(9-12(13)17)18-14-10-15(20-6-2)16(14,3)4/h7-9,14-15,18H,5-6,10H2,1-4H3. The molecule has 0 radical (unpaired) electrons. The van der Waals surface area contributed by atoms with E-state index in [-0.39, 0.29) is 17.3 Å². The van der Waals surface area contributed by atoms with E-state index in [1.807, 2.05) is 19.9 Å². The van der Waals surface area contributed by atoms with Gasteiger partial charge in [-0.15, -0.1) is 0 Å². The van der Waals surface area contributed by atoms with Gasteiger partial charge >= 0.3 is 0 Å². The van der Waals surface area contributed by atoms with Crippen molar-refractivity contribution in [2.45, 2.75) is 46.3 Å². The van der Waals surface area contributed by atoms with Gasteiger partial charge in [0.15, 0.2) is 11.6 Å². The highest BCUT2D eigenvalue weighted by atomic mass is 19.1. The molecule has 1 aliphatic carbocycles. The number of nitrogens with one attached hydrogen (secondary N) is 1. The molecule has 2 atom stereocenters. The summed E-state index contributed by atoms with van der Waals surface area (Å²) < 4.78 is 24.7. The average molecular weight is 281 g/mol. The van der Waals surface area contributed by atoms with Gasteiger partial charge in [-0.25, -0.2) is 4.39 Å². The molecule has 0 spiro atoms. The molecule has 1 aromatic rings. The molecule has 1 fully saturated rings. The van der Waals surface area contributed by atoms with E-state index in [1.54, 1.807) is 6.07 Å². The Kier molecular flexibility index (Phi) is 4.53. The molecule has 2 unspecified atom stereocenters. The zero-order valence-electron chi connectivity index (χ0n) is 12.7. The number of benzene rings is 1. The van der Waals surface area contributed by atoms with Gasteiger partial charge in [-0.3, -0.25) is 0 Å². The second-order valence-corrected chi connectivity index (χ2v) is 5.78. The van der Waals surface area contributed by atoms with Gasteiger partial charge in [0.25, 0.3) is 0 Å². The Hall–Kier alpha value is -1.29. The first-order valence-electron chi connectivity index (χ1n) is 7.29. The second kappa shape index (κ2) is 6.00. The molecule has 0 saturated heterocycles. The molecule has 0 aliphatic heterocycles. The van der Waals surface area contributed by atoms with Crippen LogP contribution in [0.5, 0.6) is 5.75 Å². The molecule has 1 N–H and O–H groups in total. The van der Waals surface area contributed by atoms with Crippen molar-refractivity contribution < 1.29 is 13.9 Å². The molecule has 1 aromatic carbocycles. The molecule has 112 valence electrons. The lowest BCUT2D eigenvalue weighted by Gasteiger charge is -2.52. The molecule has 1 aliphatic rings. The lowest BCUT2D eigenvalue weighted by Crippen LogP contribution is -2.58. The highest BCUT2D eigenvalue weighted by molar-refractivity contribution is 5.49. The molecular weight excluding hydrogens is 257 g/mol. The largest absolute Gasteiger partial charge is 0.491 e. The lowest BCUT2D eigenvalue weighted by molar-refractivity contribution is -0.0976. The summed E-state index contributed by atoms with van der Waals surface area (Å²) in [5.41, 5.74) is 0.851. The summed E-state index contributed by atoms with van der Waals surface area (Å²) in [5, 5.41) is 3.39. The lowest BCUT2D eigenvalue weighted by atomic mass is 9.64. The van der Waals surface area contributed by atoms with E-state index in [9.17, 15) is 4.39 Å². The summed E-state index contributed by atoms with van der Waals surface area (Å²) in [4.78, 5) is 0. The smallest absolute Gasteiger partial charge is 0.167 e. The van der Waals surface area contributed by atoms with Gasteiger partial charge in [-0.2, -0.15) is 0 Å². The van der Waals surface area contributed by atoms with Crippen molar-refractivity contribution >= 4 is 5.69 Å². The normalized spacial score (nSPS) is 24.1. The van der Waals surface area contributed by atoms with E-state index in [0.29, 0.717) is 18.4 Å². The Morgan fingerprint density at radius 1 is 1.30 bits per heavy atom. The second-order valence-electron chi connectivity index (χ2n) is 5.78. The van der Waals surface area contributed by atoms with Crippen LogP contribution in [0.25, 0.3) is 0 Å². The SMILES string of the molecule is CCOc1ccc(NC2CC(OCC)C2(C)C)cc1F. The van der Waals surface area contributed by atoms with Crippen LogP contribution < -0.4 is 10.1 Å². The molecule has 0 amide bonds. The number of halogens is 1. The predicted octanol–water partition coefficient (Wildman–Crippen LogP) is 3.84. The number of anilines is 1. The van der Waals surface area contributed by atoms with Crippen molar-refractivity contribution in [2.24, 2.45) is 5.41 Å². The first-order chi connectivity index (χ1) is 9.48. The van der Waals surface area contributed by atoms with Gasteiger partial charge < -0.3 is 14.8 Å². The maximum Gasteiger partial charge on any atom is 0.167 e. The number of rotatable bonds is 6. The zero-order chi connectivity index (χ0) is 14.8. The fourth-order valence-electron chi connectivity index (χ4n) is 2.68. The Bertz CT molecular complexity index is 462. The third-order valence-corrected chi connectivity index (χ3v) is 4.12. The Labute approximate surface area is 120 Å². The molecule has 4 heteroatoms. The van der Waals surface area contributed by atoms with Crippen LogP contribution in [0.4, 0.5) is 10.1 Å². The van der Waals surface area contributed by atoms with Gasteiger partial charge in [0.05, 0.1) is 12.7 Å². The van der Waals surface area contributed by atoms with Crippen LogP contribution in [0, 0.1) is 11.2 Å². The molecule has 0 bridgehead atoms. The van der Waals surface area contributed by atoms with Crippen molar-refractivity contribution in [1.82, 2.24) is 0 Å². The fourth-order valence-corrected chi connectivity index (χ4v) is 2.68. The van der Waals surface area contributed by atoms with Crippen LogP contribution in [-0.4, -0.2) is 25.4 Å². The summed E-state index contributed by atoms with van der Waals surface area (Å²) in [6, 6.07) is 5.33. The first kappa shape index (κ1) is 15.1. The van der Waals surface area contributed by atoms with E-state index in [1.165, 1.54) is 6.07 Å². The highest BCUT2D eigenvalue weighted by Gasteiger charge is 2.48. The zero-order valence-corrected chi connectivity index (χ0v) is 12.7. The molecule has 0 aromatic heterocycles. The molecule has 0 heterocycles. The maximum absolute atomic E-state index is 13.8. The first-order valence-corrected chi connectivity index (χ1v) is 7.29. The molecule has 20 heavy (non-hydrogen) atoms. The van der Waals surface area contributed by atoms with Gasteiger partial charge in [-0.05, 0) is 32.4 Å². The minimum atomic E-state index is -0.324. The van der Waals surface area contributed by atoms with Crippen LogP contribution in [0.3, 0.4) is 0 Å². The third-order valence-electron chi connectivity index (χ3n) is 4.12. The minimum absolute atomic E-state index is 0.0606. The average Bonchev–Trinajstić information content (AvgIpc) is 2.41. The quantitative estimate of drug-likeness (QED) is 0.859. The summed E-state index contributed by atoms with van der Waals surface area (Å²) in [5.74, 6) is -0.0200. The van der Waals surface area contributed by atoms with Gasteiger partial charge in [0, 0.05) is 29.8 Å². The van der Waals surface area contributed by atoms with E-state index in [4.69, 9.17) is 9.47 Å². The van der Waals surface area contributed by atoms with E-state index in [0.717, 1.165) is 18.7 Å². The van der Waals surface area contributed by atoms with Crippen molar-refractivity contribution in [1.29, 1.82) is 0 Å². The monoisotopic (exact) mass is 281 g/mol. The highest BCUT2D eigenvalue weighted by Crippen LogP contribution is 2.44. The van der Waals surface area contributed by atoms with E-state index in [2.05, 4.69) is 19.2 Å². The number of ether oxygens (including phenoxy) is 2. The number of hydrogen-bond donors (Lipinski definition) is 1. The summed E-state index contributed by atoms with van der Waals surface area (Å²) in [7, 11) is 0. The van der Waals surface area contributed by atoms with Gasteiger partial charge in [-0.1, -0.05) is 13.8 Å². The Morgan fingerprint density at radius 2 is 2.05 bits per heavy atom. The van der Waals surface area contributed by atoms with Crippen LogP contribution in [0.1, 0.15) is 34.1 Å². The van der Waals surface area contributed by atoms with Crippen molar-refractivity contribution in [3.63, 3.8) is 0 Å². The van der Waals surface area contributed by atoms with Gasteiger partial charge in [0.1, 0.15) is 0 Å². The number of hydrogen-bond acceptors (Lipinski definition) is 3. The summed E-state index contributed by atoms with van der Waals surface area (Å²) in [6.07, 6.45) is 1.23. The summed E-state index contributed by atoms with van der Waals surface area (Å²) >= 11 is 0. The topological polar surface area (TPSA) is 30.5 Å². The molecule has 2 rings (SSSR count). The van der Waals surface area contributed by atoms with Crippen LogP contribution in [0.15, 0.2) is 18.2 Å². The maximum atomic E-state index is 13.8. The minimum Gasteiger partial charge on any atom is -0.491 e.